The number of nitrogens with one attached hydrogen (secondary N) is 1. The molecule has 198 valence electrons. The monoisotopic (exact) mass is 535 g/mol. The number of aryl methyl sites for hydroxylation is 1. The Balaban J connectivity index is 1.87. The van der Waals surface area contributed by atoms with Crippen LogP contribution in [0.3, 0.4) is 0 Å². The molecule has 3 rings (SSSR count). The molecule has 0 aliphatic rings. The van der Waals surface area contributed by atoms with Crippen LogP contribution in [0, 0.1) is 0 Å². The Labute approximate surface area is 216 Å². The number of aromatic nitrogens is 2. The number of halogens is 3. The average Bonchev–Trinajstić information content (AvgIpc) is 3.35. The molecule has 2 aromatic heterocycles. The molecule has 0 saturated carbocycles. The molecule has 0 unspecified atom stereocenters. The highest BCUT2D eigenvalue weighted by atomic mass is 32.1. The quantitative estimate of drug-likeness (QED) is 0.374. The number of nitrogens with two attached hydrogens (primary N) is 1. The van der Waals surface area contributed by atoms with Gasteiger partial charge < -0.3 is 15.8 Å². The fourth-order valence-electron chi connectivity index (χ4n) is 3.65. The number of carbonyl (C=O) groups is 2. The first-order chi connectivity index (χ1) is 17.6. The number of hydrogen-bond acceptors (Lipinski definition) is 7. The predicted molar refractivity (Wildman–Crippen MR) is 134 cm³/mol. The molecule has 0 bridgehead atoms. The van der Waals surface area contributed by atoms with Crippen molar-refractivity contribution >= 4 is 29.0 Å². The van der Waals surface area contributed by atoms with E-state index in [0.717, 1.165) is 22.5 Å². The molecular formula is C25H28F3N5O3S. The Morgan fingerprint density at radius 3 is 2.38 bits per heavy atom. The number of methoxy groups -OCH3 is 1. The van der Waals surface area contributed by atoms with Crippen molar-refractivity contribution in [3.8, 4) is 0 Å². The molecule has 0 fully saturated rings. The molecule has 1 aromatic carbocycles. The van der Waals surface area contributed by atoms with E-state index in [4.69, 9.17) is 10.5 Å². The van der Waals surface area contributed by atoms with Gasteiger partial charge in [-0.2, -0.15) is 13.2 Å². The lowest BCUT2D eigenvalue weighted by molar-refractivity contribution is -0.134. The van der Waals surface area contributed by atoms with Crippen LogP contribution >= 0.6 is 11.3 Å². The lowest BCUT2D eigenvalue weighted by atomic mass is 10.0. The number of alkyl halides is 3. The van der Waals surface area contributed by atoms with Gasteiger partial charge in [0, 0.05) is 49.8 Å². The number of amides is 2. The van der Waals surface area contributed by atoms with E-state index in [2.05, 4.69) is 15.3 Å². The lowest BCUT2D eigenvalue weighted by Crippen LogP contribution is -2.50. The van der Waals surface area contributed by atoms with E-state index in [0.29, 0.717) is 22.8 Å². The van der Waals surface area contributed by atoms with Gasteiger partial charge in [0.1, 0.15) is 6.04 Å². The Bertz CT molecular complexity index is 1170. The fourth-order valence-corrected chi connectivity index (χ4v) is 4.51. The third kappa shape index (κ3) is 8.45. The van der Waals surface area contributed by atoms with Crippen molar-refractivity contribution in [3.05, 3.63) is 76.0 Å². The van der Waals surface area contributed by atoms with Crippen LogP contribution in [-0.2, 0) is 28.8 Å². The number of likely N-dealkylation sites (N-methyl/N-ethyl adjacent to an activating group) is 1. The van der Waals surface area contributed by atoms with E-state index in [1.807, 2.05) is 0 Å². The van der Waals surface area contributed by atoms with Crippen LogP contribution in [0.2, 0.25) is 0 Å². The van der Waals surface area contributed by atoms with Gasteiger partial charge in [0.15, 0.2) is 0 Å². The first-order valence-corrected chi connectivity index (χ1v) is 12.3. The second-order valence-corrected chi connectivity index (χ2v) is 9.39. The van der Waals surface area contributed by atoms with Gasteiger partial charge in [0.25, 0.3) is 0 Å². The molecule has 2 heterocycles. The Morgan fingerprint density at radius 1 is 1.11 bits per heavy atom. The normalized spacial score (nSPS) is 13.0. The number of hydrogen-bond donors (Lipinski definition) is 2. The van der Waals surface area contributed by atoms with Crippen molar-refractivity contribution in [2.45, 2.75) is 43.9 Å². The molecule has 37 heavy (non-hydrogen) atoms. The van der Waals surface area contributed by atoms with E-state index in [1.54, 1.807) is 54.2 Å². The summed E-state index contributed by atoms with van der Waals surface area (Å²) in [5.41, 5.74) is 8.42. The molecule has 0 aliphatic heterocycles. The summed E-state index contributed by atoms with van der Waals surface area (Å²) in [7, 11) is 2.69. The standard InChI is InChI=1S/C25H28F3N5O3S/c1-33(24(35)36-2)21(14-17-8-11-30-12-9-17)23(34)32-19(13-16-3-5-18(29)6-4-16)20-15-37-22(31-20)7-10-25(26,27)28/h3-6,8-9,11-12,15,19,21H,7,10,13-14,29H2,1-2H3,(H,32,34)/t19-,21-/m0/s1. The second-order valence-electron chi connectivity index (χ2n) is 8.44. The number of nitrogens with zero attached hydrogens (tertiary/aromatic N) is 3. The van der Waals surface area contributed by atoms with Crippen LogP contribution in [0.15, 0.2) is 54.2 Å². The zero-order valence-electron chi connectivity index (χ0n) is 20.4. The number of benzene rings is 1. The molecule has 8 nitrogen and oxygen atoms in total. The Kier molecular flexibility index (Phi) is 9.45. The van der Waals surface area contributed by atoms with Crippen LogP contribution in [0.25, 0.3) is 0 Å². The van der Waals surface area contributed by atoms with Crippen molar-refractivity contribution in [2.24, 2.45) is 0 Å². The topological polar surface area (TPSA) is 110 Å². The second kappa shape index (κ2) is 12.5. The summed E-state index contributed by atoms with van der Waals surface area (Å²) in [6.07, 6.45) is -2.51. The zero-order chi connectivity index (χ0) is 27.0. The van der Waals surface area contributed by atoms with E-state index in [-0.39, 0.29) is 12.8 Å². The van der Waals surface area contributed by atoms with E-state index < -0.39 is 36.7 Å². The highest BCUT2D eigenvalue weighted by molar-refractivity contribution is 7.09. The molecule has 3 aromatic rings. The van der Waals surface area contributed by atoms with E-state index >= 15 is 0 Å². The van der Waals surface area contributed by atoms with Crippen molar-refractivity contribution in [3.63, 3.8) is 0 Å². The first-order valence-electron chi connectivity index (χ1n) is 11.4. The summed E-state index contributed by atoms with van der Waals surface area (Å²) in [5.74, 6) is -0.463. The number of thiazole rings is 1. The molecule has 0 spiro atoms. The first kappa shape index (κ1) is 27.9. The van der Waals surface area contributed by atoms with Crippen molar-refractivity contribution in [2.75, 3.05) is 19.9 Å². The largest absolute Gasteiger partial charge is 0.453 e. The summed E-state index contributed by atoms with van der Waals surface area (Å²) in [6, 6.07) is 8.96. The molecule has 2 atom stereocenters. The smallest absolute Gasteiger partial charge is 0.409 e. The van der Waals surface area contributed by atoms with Gasteiger partial charge in [-0.05, 0) is 41.8 Å². The number of anilines is 1. The number of ether oxygens (including phenoxy) is 1. The van der Waals surface area contributed by atoms with Crippen LogP contribution in [0.4, 0.5) is 23.7 Å². The van der Waals surface area contributed by atoms with Crippen LogP contribution in [-0.4, -0.2) is 53.2 Å². The number of carbonyl (C=O) groups excluding carboxylic acids is 2. The average molecular weight is 536 g/mol. The van der Waals surface area contributed by atoms with Crippen LogP contribution < -0.4 is 11.1 Å². The molecule has 0 aliphatic carbocycles. The molecule has 0 saturated heterocycles. The van der Waals surface area contributed by atoms with Crippen LogP contribution in [0.1, 0.15) is 34.3 Å². The zero-order valence-corrected chi connectivity index (χ0v) is 21.2. The molecule has 0 radical (unpaired) electrons. The summed E-state index contributed by atoms with van der Waals surface area (Å²) < 4.78 is 42.9. The summed E-state index contributed by atoms with van der Waals surface area (Å²) in [6.45, 7) is 0. The van der Waals surface area contributed by atoms with E-state index in [9.17, 15) is 22.8 Å². The molecule has 12 heteroatoms. The maximum atomic E-state index is 13.5. The van der Waals surface area contributed by atoms with Gasteiger partial charge in [0.2, 0.25) is 5.91 Å². The van der Waals surface area contributed by atoms with Crippen molar-refractivity contribution in [1.82, 2.24) is 20.2 Å². The van der Waals surface area contributed by atoms with Crippen LogP contribution in [0.5, 0.6) is 0 Å². The maximum Gasteiger partial charge on any atom is 0.409 e. The SMILES string of the molecule is COC(=O)N(C)[C@@H](Cc1ccncc1)C(=O)N[C@@H](Cc1ccc(N)cc1)c1csc(CCC(F)(F)F)n1. The minimum absolute atomic E-state index is 0.197. The minimum atomic E-state index is -4.29. The highest BCUT2D eigenvalue weighted by Gasteiger charge is 2.31. The highest BCUT2D eigenvalue weighted by Crippen LogP contribution is 2.26. The summed E-state index contributed by atoms with van der Waals surface area (Å²) in [4.78, 5) is 35.4. The molecular weight excluding hydrogens is 507 g/mol. The maximum absolute atomic E-state index is 13.5. The third-order valence-electron chi connectivity index (χ3n) is 5.70. The van der Waals surface area contributed by atoms with Gasteiger partial charge >= 0.3 is 12.3 Å². The summed E-state index contributed by atoms with van der Waals surface area (Å²) >= 11 is 1.11. The Hall–Kier alpha value is -3.67. The van der Waals surface area contributed by atoms with Gasteiger partial charge in [0.05, 0.1) is 23.9 Å². The fraction of sp³-hybridized carbons (Fsp3) is 0.360. The third-order valence-corrected chi connectivity index (χ3v) is 6.62. The molecule has 2 amide bonds. The number of nitrogen functional groups attached to an aromatic ring is 1. The van der Waals surface area contributed by atoms with Gasteiger partial charge in [-0.1, -0.05) is 12.1 Å². The predicted octanol–water partition coefficient (Wildman–Crippen LogP) is 4.32. The Morgan fingerprint density at radius 2 is 1.76 bits per heavy atom. The molecule has 3 N–H and O–H groups in total. The van der Waals surface area contributed by atoms with E-state index in [1.165, 1.54) is 19.1 Å². The van der Waals surface area contributed by atoms with Crippen molar-refractivity contribution < 1.29 is 27.5 Å². The minimum Gasteiger partial charge on any atom is -0.453 e. The number of pyridine rings is 1. The number of rotatable bonds is 10. The summed E-state index contributed by atoms with van der Waals surface area (Å²) in [5, 5.41) is 4.92. The van der Waals surface area contributed by atoms with Crippen molar-refractivity contribution in [1.29, 1.82) is 0 Å². The van der Waals surface area contributed by atoms with Gasteiger partial charge in [-0.25, -0.2) is 9.78 Å². The lowest BCUT2D eigenvalue weighted by Gasteiger charge is -2.28. The van der Waals surface area contributed by atoms with Gasteiger partial charge in [-0.3, -0.25) is 14.7 Å². The van der Waals surface area contributed by atoms with Gasteiger partial charge in [-0.15, -0.1) is 11.3 Å².